The highest BCUT2D eigenvalue weighted by Crippen LogP contribution is 2.05. The minimum Gasteiger partial charge on any atom is -0.428 e. The van der Waals surface area contributed by atoms with Crippen LogP contribution in [0.5, 0.6) is 0 Å². The lowest BCUT2D eigenvalue weighted by Gasteiger charge is -1.90. The molecule has 0 spiro atoms. The van der Waals surface area contributed by atoms with Crippen molar-refractivity contribution in [2.24, 2.45) is 5.11 Å². The van der Waals surface area contributed by atoms with Gasteiger partial charge >= 0.3 is 6.16 Å². The predicted octanol–water partition coefficient (Wildman–Crippen LogP) is 0.510. The van der Waals surface area contributed by atoms with Crippen molar-refractivity contribution in [3.8, 4) is 0 Å². The van der Waals surface area contributed by atoms with Crippen LogP contribution in [0.2, 0.25) is 0 Å². The number of nitrogens with one attached hydrogen (secondary N) is 1. The number of carbonyl (C=O) groups excluding carboxylic acids is 1. The normalized spacial score (nSPS) is 26.5. The van der Waals surface area contributed by atoms with E-state index in [0.717, 1.165) is 0 Å². The molecule has 5 heteroatoms. The van der Waals surface area contributed by atoms with Gasteiger partial charge in [-0.2, -0.15) is 0 Å². The maximum absolute atomic E-state index is 10.0. The van der Waals surface area contributed by atoms with Crippen molar-refractivity contribution in [1.29, 1.82) is 5.53 Å². The van der Waals surface area contributed by atoms with Gasteiger partial charge in [-0.1, -0.05) is 0 Å². The van der Waals surface area contributed by atoms with E-state index in [9.17, 15) is 4.79 Å². The Kier molecular flexibility index (Phi) is 1.11. The third-order valence-corrected chi connectivity index (χ3v) is 0.720. The number of ether oxygens (including phenoxy) is 2. The molecule has 8 heavy (non-hydrogen) atoms. The molecule has 0 saturated carbocycles. The van der Waals surface area contributed by atoms with Crippen molar-refractivity contribution < 1.29 is 14.3 Å². The van der Waals surface area contributed by atoms with Crippen LogP contribution in [0.4, 0.5) is 4.79 Å². The van der Waals surface area contributed by atoms with E-state index in [-0.39, 0.29) is 6.61 Å². The van der Waals surface area contributed by atoms with E-state index in [1.54, 1.807) is 0 Å². The van der Waals surface area contributed by atoms with Gasteiger partial charge in [0.2, 0.25) is 6.23 Å². The molecule has 1 aliphatic heterocycles. The van der Waals surface area contributed by atoms with E-state index in [0.29, 0.717) is 0 Å². The number of cyclic esters (lactones) is 2. The van der Waals surface area contributed by atoms with E-state index in [1.165, 1.54) is 0 Å². The van der Waals surface area contributed by atoms with E-state index in [2.05, 4.69) is 14.6 Å². The second-order valence-electron chi connectivity index (χ2n) is 1.26. The monoisotopic (exact) mass is 116 g/mol. The summed E-state index contributed by atoms with van der Waals surface area (Å²) in [5.41, 5.74) is 6.36. The van der Waals surface area contributed by atoms with Crippen molar-refractivity contribution in [3.05, 3.63) is 0 Å². The van der Waals surface area contributed by atoms with Crippen molar-refractivity contribution in [2.75, 3.05) is 6.61 Å². The zero-order valence-corrected chi connectivity index (χ0v) is 3.96. The molecule has 1 rings (SSSR count). The van der Waals surface area contributed by atoms with E-state index < -0.39 is 12.4 Å². The molecular weight excluding hydrogens is 112 g/mol. The molecule has 44 valence electrons. The van der Waals surface area contributed by atoms with Gasteiger partial charge < -0.3 is 9.47 Å². The van der Waals surface area contributed by atoms with Gasteiger partial charge in [0.1, 0.15) is 0 Å². The van der Waals surface area contributed by atoms with E-state index >= 15 is 0 Å². The lowest BCUT2D eigenvalue weighted by molar-refractivity contribution is 0.118. The lowest BCUT2D eigenvalue weighted by Crippen LogP contribution is -2.03. The van der Waals surface area contributed by atoms with Gasteiger partial charge in [-0.25, -0.2) is 10.3 Å². The molecule has 5 nitrogen and oxygen atoms in total. The zero-order chi connectivity index (χ0) is 5.98. The van der Waals surface area contributed by atoms with Crippen LogP contribution in [0, 0.1) is 5.53 Å². The van der Waals surface area contributed by atoms with Crippen molar-refractivity contribution in [2.45, 2.75) is 6.23 Å². The standard InChI is InChI=1S/C3H4N2O3/c4-5-2-1-7-3(6)8-2/h2,4H,1H2. The Morgan fingerprint density at radius 1 is 1.88 bits per heavy atom. The van der Waals surface area contributed by atoms with Gasteiger partial charge in [0.15, 0.2) is 6.61 Å². The molecule has 1 fully saturated rings. The van der Waals surface area contributed by atoms with Gasteiger partial charge in [-0.05, 0) is 0 Å². The molecule has 0 bridgehead atoms. The summed E-state index contributed by atoms with van der Waals surface area (Å²) in [4.78, 5) is 10.0. The van der Waals surface area contributed by atoms with Crippen molar-refractivity contribution in [3.63, 3.8) is 0 Å². The first-order chi connectivity index (χ1) is 3.83. The predicted molar refractivity (Wildman–Crippen MR) is 21.4 cm³/mol. The molecule has 1 saturated heterocycles. The average Bonchev–Trinajstić information content (AvgIpc) is 2.14. The quantitative estimate of drug-likeness (QED) is 0.400. The summed E-state index contributed by atoms with van der Waals surface area (Å²) in [7, 11) is 0. The first-order valence-corrected chi connectivity index (χ1v) is 2.03. The van der Waals surface area contributed by atoms with Crippen LogP contribution in [0.1, 0.15) is 0 Å². The molecule has 0 aromatic rings. The van der Waals surface area contributed by atoms with Crippen LogP contribution in [0.15, 0.2) is 5.11 Å². The van der Waals surface area contributed by atoms with Crippen LogP contribution in [0.3, 0.4) is 0 Å². The Morgan fingerprint density at radius 2 is 2.62 bits per heavy atom. The lowest BCUT2D eigenvalue weighted by atomic mass is 10.7. The highest BCUT2D eigenvalue weighted by molar-refractivity contribution is 5.61. The van der Waals surface area contributed by atoms with Gasteiger partial charge in [-0.3, -0.25) is 0 Å². The van der Waals surface area contributed by atoms with Gasteiger partial charge in [0.25, 0.3) is 0 Å². The van der Waals surface area contributed by atoms with Gasteiger partial charge in [-0.15, -0.1) is 5.11 Å². The molecule has 0 aliphatic carbocycles. The number of nitrogens with zero attached hydrogens (tertiary/aromatic N) is 1. The second kappa shape index (κ2) is 1.77. The number of rotatable bonds is 1. The minimum atomic E-state index is -0.744. The molecule has 1 heterocycles. The summed E-state index contributed by atoms with van der Waals surface area (Å²) >= 11 is 0. The van der Waals surface area contributed by atoms with Crippen LogP contribution in [0.25, 0.3) is 0 Å². The Hall–Kier alpha value is -1.13. The fraction of sp³-hybridized carbons (Fsp3) is 0.667. The third kappa shape index (κ3) is 0.749. The zero-order valence-electron chi connectivity index (χ0n) is 3.96. The molecular formula is C3H4N2O3. The minimum absolute atomic E-state index is 0.0718. The van der Waals surface area contributed by atoms with Crippen LogP contribution in [-0.2, 0) is 9.47 Å². The molecule has 0 aromatic carbocycles. The summed E-state index contributed by atoms with van der Waals surface area (Å²) in [5, 5.41) is 2.92. The number of hydrogen-bond acceptors (Lipinski definition) is 5. The topological polar surface area (TPSA) is 71.7 Å². The highest BCUT2D eigenvalue weighted by Gasteiger charge is 2.23. The largest absolute Gasteiger partial charge is 0.510 e. The molecule has 1 unspecified atom stereocenters. The van der Waals surface area contributed by atoms with Crippen LogP contribution in [-0.4, -0.2) is 19.0 Å². The van der Waals surface area contributed by atoms with Crippen LogP contribution < -0.4 is 0 Å². The maximum atomic E-state index is 10.0. The summed E-state index contributed by atoms with van der Waals surface area (Å²) in [6.07, 6.45) is -1.45. The average molecular weight is 116 g/mol. The highest BCUT2D eigenvalue weighted by atomic mass is 16.8. The Balaban J connectivity index is 2.43. The number of hydrogen-bond donors (Lipinski definition) is 1. The fourth-order valence-electron chi connectivity index (χ4n) is 0.382. The molecule has 1 atom stereocenters. The first kappa shape index (κ1) is 5.02. The van der Waals surface area contributed by atoms with Gasteiger partial charge in [0.05, 0.1) is 0 Å². The third-order valence-electron chi connectivity index (χ3n) is 0.720. The summed E-state index contributed by atoms with van der Waals surface area (Å²) in [6.45, 7) is 0.0718. The summed E-state index contributed by atoms with van der Waals surface area (Å²) in [6, 6.07) is 0. The molecule has 0 aromatic heterocycles. The molecule has 0 radical (unpaired) electrons. The first-order valence-electron chi connectivity index (χ1n) is 2.03. The molecule has 1 N–H and O–H groups in total. The second-order valence-corrected chi connectivity index (χ2v) is 1.26. The van der Waals surface area contributed by atoms with Gasteiger partial charge in [0, 0.05) is 0 Å². The SMILES string of the molecule is N=NC1COC(=O)O1. The fourth-order valence-corrected chi connectivity index (χ4v) is 0.382. The number of carbonyl (C=O) groups is 1. The Morgan fingerprint density at radius 3 is 2.88 bits per heavy atom. The van der Waals surface area contributed by atoms with E-state index in [4.69, 9.17) is 5.53 Å². The maximum Gasteiger partial charge on any atom is 0.510 e. The smallest absolute Gasteiger partial charge is 0.428 e. The summed E-state index contributed by atoms with van der Waals surface area (Å²) in [5.74, 6) is 0. The van der Waals surface area contributed by atoms with E-state index in [1.807, 2.05) is 0 Å². The van der Waals surface area contributed by atoms with Crippen molar-refractivity contribution in [1.82, 2.24) is 0 Å². The molecule has 0 amide bonds. The van der Waals surface area contributed by atoms with Crippen molar-refractivity contribution >= 4 is 6.16 Å². The summed E-state index contributed by atoms with van der Waals surface area (Å²) < 4.78 is 8.58. The Labute approximate surface area is 45.1 Å². The van der Waals surface area contributed by atoms with Crippen LogP contribution >= 0.6 is 0 Å². The molecule has 1 aliphatic rings. The Bertz CT molecular complexity index is 124.